The second-order valence-corrected chi connectivity index (χ2v) is 9.06. The molecule has 2 heterocycles. The lowest BCUT2D eigenvalue weighted by molar-refractivity contribution is -0.113. The first-order valence-electron chi connectivity index (χ1n) is 9.62. The standard InChI is InChI=1S/C20H21Cl2N3O3S/c21-12-7-13(22)9-14(8-12)23-18(26)11-29-19-16-4-1-5-17(16)25(20(27)24-19)10-15-3-2-6-28-15/h7-9,15H,1-6,10-11H2,(H,23,26). The summed E-state index contributed by atoms with van der Waals surface area (Å²) in [5.41, 5.74) is 2.42. The third-order valence-corrected chi connectivity index (χ3v) is 6.55. The van der Waals surface area contributed by atoms with Crippen molar-refractivity contribution in [2.75, 3.05) is 17.7 Å². The molecule has 1 saturated heterocycles. The van der Waals surface area contributed by atoms with Gasteiger partial charge in [0, 0.05) is 33.6 Å². The average Bonchev–Trinajstić information content (AvgIpc) is 3.33. The monoisotopic (exact) mass is 453 g/mol. The zero-order chi connectivity index (χ0) is 20.4. The molecule has 0 saturated carbocycles. The molecular formula is C20H21Cl2N3O3S. The van der Waals surface area contributed by atoms with Crippen molar-refractivity contribution < 1.29 is 9.53 Å². The molecule has 1 atom stereocenters. The lowest BCUT2D eigenvalue weighted by Gasteiger charge is -2.17. The summed E-state index contributed by atoms with van der Waals surface area (Å²) in [4.78, 5) is 29.3. The van der Waals surface area contributed by atoms with E-state index in [1.807, 2.05) is 0 Å². The number of fused-ring (bicyclic) bond motifs is 1. The highest BCUT2D eigenvalue weighted by Gasteiger charge is 2.25. The van der Waals surface area contributed by atoms with Crippen LogP contribution in [0.15, 0.2) is 28.0 Å². The maximum atomic E-state index is 12.7. The minimum atomic E-state index is -0.259. The van der Waals surface area contributed by atoms with E-state index in [2.05, 4.69) is 10.3 Å². The van der Waals surface area contributed by atoms with E-state index in [9.17, 15) is 9.59 Å². The van der Waals surface area contributed by atoms with Gasteiger partial charge in [0.25, 0.3) is 0 Å². The molecule has 4 rings (SSSR count). The van der Waals surface area contributed by atoms with Crippen molar-refractivity contribution in [1.29, 1.82) is 0 Å². The highest BCUT2D eigenvalue weighted by atomic mass is 35.5. The Morgan fingerprint density at radius 3 is 2.76 bits per heavy atom. The van der Waals surface area contributed by atoms with Crippen LogP contribution in [0.2, 0.25) is 10.0 Å². The Labute approximate surface area is 182 Å². The number of nitrogens with one attached hydrogen (secondary N) is 1. The number of anilines is 1. The second-order valence-electron chi connectivity index (χ2n) is 7.22. The Morgan fingerprint density at radius 2 is 2.03 bits per heavy atom. The van der Waals surface area contributed by atoms with Gasteiger partial charge >= 0.3 is 5.69 Å². The highest BCUT2D eigenvalue weighted by Crippen LogP contribution is 2.30. The zero-order valence-corrected chi connectivity index (χ0v) is 18.1. The Hall–Kier alpha value is -1.54. The number of benzene rings is 1. The first-order chi connectivity index (χ1) is 14.0. The molecule has 0 spiro atoms. The third kappa shape index (κ3) is 4.97. The van der Waals surface area contributed by atoms with Gasteiger partial charge in [-0.3, -0.25) is 9.36 Å². The van der Waals surface area contributed by atoms with Crippen LogP contribution in [0.3, 0.4) is 0 Å². The maximum Gasteiger partial charge on any atom is 0.348 e. The first-order valence-corrected chi connectivity index (χ1v) is 11.4. The number of carbonyl (C=O) groups is 1. The van der Waals surface area contributed by atoms with E-state index in [4.69, 9.17) is 27.9 Å². The van der Waals surface area contributed by atoms with Crippen molar-refractivity contribution in [1.82, 2.24) is 9.55 Å². The van der Waals surface area contributed by atoms with E-state index in [-0.39, 0.29) is 23.5 Å². The van der Waals surface area contributed by atoms with Crippen molar-refractivity contribution in [2.45, 2.75) is 49.8 Å². The molecule has 1 N–H and O–H groups in total. The van der Waals surface area contributed by atoms with E-state index in [1.165, 1.54) is 11.8 Å². The van der Waals surface area contributed by atoms with Gasteiger partial charge < -0.3 is 10.1 Å². The van der Waals surface area contributed by atoms with Crippen LogP contribution >= 0.6 is 35.0 Å². The minimum Gasteiger partial charge on any atom is -0.376 e. The minimum absolute atomic E-state index is 0.0907. The molecule has 6 nitrogen and oxygen atoms in total. The number of hydrogen-bond acceptors (Lipinski definition) is 5. The summed E-state index contributed by atoms with van der Waals surface area (Å²) in [5, 5.41) is 4.34. The molecule has 1 aromatic heterocycles. The molecule has 154 valence electrons. The van der Waals surface area contributed by atoms with Crippen LogP contribution in [-0.4, -0.2) is 33.9 Å². The summed E-state index contributed by atoms with van der Waals surface area (Å²) >= 11 is 13.2. The fourth-order valence-electron chi connectivity index (χ4n) is 3.84. The van der Waals surface area contributed by atoms with Crippen LogP contribution < -0.4 is 11.0 Å². The van der Waals surface area contributed by atoms with Crippen molar-refractivity contribution in [3.8, 4) is 0 Å². The normalized spacial score (nSPS) is 18.1. The van der Waals surface area contributed by atoms with Crippen LogP contribution in [0.5, 0.6) is 0 Å². The van der Waals surface area contributed by atoms with Gasteiger partial charge in [0.2, 0.25) is 5.91 Å². The van der Waals surface area contributed by atoms with Gasteiger partial charge in [0.1, 0.15) is 5.03 Å². The number of amides is 1. The highest BCUT2D eigenvalue weighted by molar-refractivity contribution is 8.00. The number of carbonyl (C=O) groups excluding carboxylic acids is 1. The lowest BCUT2D eigenvalue weighted by Crippen LogP contribution is -2.31. The van der Waals surface area contributed by atoms with E-state index < -0.39 is 0 Å². The smallest absolute Gasteiger partial charge is 0.348 e. The number of aromatic nitrogens is 2. The SMILES string of the molecule is O=C(CSc1nc(=O)n(CC2CCCO2)c2c1CCC2)Nc1cc(Cl)cc(Cl)c1. The largest absolute Gasteiger partial charge is 0.376 e. The Morgan fingerprint density at radius 1 is 1.24 bits per heavy atom. The van der Waals surface area contributed by atoms with Gasteiger partial charge in [-0.2, -0.15) is 4.98 Å². The quantitative estimate of drug-likeness (QED) is 0.529. The number of ether oxygens (including phenoxy) is 1. The Balaban J connectivity index is 1.46. The van der Waals surface area contributed by atoms with Crippen molar-refractivity contribution >= 4 is 46.6 Å². The van der Waals surface area contributed by atoms with Gasteiger partial charge in [-0.15, -0.1) is 0 Å². The predicted octanol–water partition coefficient (Wildman–Crippen LogP) is 3.95. The molecule has 1 aliphatic heterocycles. The van der Waals surface area contributed by atoms with Gasteiger partial charge in [-0.05, 0) is 50.3 Å². The summed E-state index contributed by atoms with van der Waals surface area (Å²) in [6.07, 6.45) is 4.84. The van der Waals surface area contributed by atoms with Crippen LogP contribution in [0, 0.1) is 0 Å². The third-order valence-electron chi connectivity index (χ3n) is 5.10. The number of rotatable bonds is 6. The number of nitrogens with zero attached hydrogens (tertiary/aromatic N) is 2. The van der Waals surface area contributed by atoms with E-state index in [0.29, 0.717) is 27.3 Å². The van der Waals surface area contributed by atoms with Crippen molar-refractivity contribution in [3.63, 3.8) is 0 Å². The van der Waals surface area contributed by atoms with Gasteiger partial charge in [0.05, 0.1) is 18.4 Å². The summed E-state index contributed by atoms with van der Waals surface area (Å²) in [6, 6.07) is 4.88. The van der Waals surface area contributed by atoms with Crippen LogP contribution in [-0.2, 0) is 28.9 Å². The van der Waals surface area contributed by atoms with Crippen molar-refractivity contribution in [2.24, 2.45) is 0 Å². The molecule has 1 aromatic carbocycles. The molecule has 1 amide bonds. The molecule has 1 fully saturated rings. The van der Waals surface area contributed by atoms with Gasteiger partial charge in [-0.1, -0.05) is 35.0 Å². The molecular weight excluding hydrogens is 433 g/mol. The van der Waals surface area contributed by atoms with E-state index in [1.54, 1.807) is 22.8 Å². The Kier molecular flexibility index (Phi) is 6.49. The van der Waals surface area contributed by atoms with Crippen molar-refractivity contribution in [3.05, 3.63) is 50.0 Å². The summed E-state index contributed by atoms with van der Waals surface area (Å²) < 4.78 is 7.46. The molecule has 9 heteroatoms. The molecule has 0 bridgehead atoms. The van der Waals surface area contributed by atoms with E-state index in [0.717, 1.165) is 50.0 Å². The van der Waals surface area contributed by atoms with Crippen LogP contribution in [0.25, 0.3) is 0 Å². The van der Waals surface area contributed by atoms with E-state index >= 15 is 0 Å². The molecule has 0 radical (unpaired) electrons. The number of hydrogen-bond donors (Lipinski definition) is 1. The molecule has 2 aliphatic rings. The first kappa shape index (κ1) is 20.7. The maximum absolute atomic E-state index is 12.7. The average molecular weight is 454 g/mol. The number of thioether (sulfide) groups is 1. The summed E-state index contributed by atoms with van der Waals surface area (Å²) in [6.45, 7) is 1.32. The molecule has 29 heavy (non-hydrogen) atoms. The lowest BCUT2D eigenvalue weighted by atomic mass is 10.2. The fourth-order valence-corrected chi connectivity index (χ4v) is 5.25. The van der Waals surface area contributed by atoms with Crippen LogP contribution in [0.4, 0.5) is 5.69 Å². The predicted molar refractivity (Wildman–Crippen MR) is 115 cm³/mol. The Bertz CT molecular complexity index is 969. The molecule has 1 aliphatic carbocycles. The molecule has 2 aromatic rings. The molecule has 1 unspecified atom stereocenters. The topological polar surface area (TPSA) is 73.2 Å². The van der Waals surface area contributed by atoms with Gasteiger partial charge in [0.15, 0.2) is 0 Å². The summed E-state index contributed by atoms with van der Waals surface area (Å²) in [5.74, 6) is -0.0518. The summed E-state index contributed by atoms with van der Waals surface area (Å²) in [7, 11) is 0. The number of halogens is 2. The fraction of sp³-hybridized carbons (Fsp3) is 0.450. The van der Waals surface area contributed by atoms with Crippen LogP contribution in [0.1, 0.15) is 30.5 Å². The second kappa shape index (κ2) is 9.08. The zero-order valence-electron chi connectivity index (χ0n) is 15.7. The van der Waals surface area contributed by atoms with Gasteiger partial charge in [-0.25, -0.2) is 4.79 Å².